The molecule has 2 aromatic rings. The average Bonchev–Trinajstić information content (AvgIpc) is 2.70. The fourth-order valence-electron chi connectivity index (χ4n) is 3.23. The Hall–Kier alpha value is -1.98. The molecule has 1 heterocycles. The first-order chi connectivity index (χ1) is 12.8. The van der Waals surface area contributed by atoms with Gasteiger partial charge in [0.25, 0.3) is 5.91 Å². The second-order valence-electron chi connectivity index (χ2n) is 6.35. The Morgan fingerprint density at radius 2 is 1.69 bits per heavy atom. The van der Waals surface area contributed by atoms with Gasteiger partial charge in [-0.05, 0) is 30.0 Å². The molecule has 1 aliphatic heterocycles. The van der Waals surface area contributed by atoms with Gasteiger partial charge in [0, 0.05) is 49.9 Å². The summed E-state index contributed by atoms with van der Waals surface area (Å²) in [7, 11) is 0. The highest BCUT2D eigenvalue weighted by atomic mass is 32.2. The molecule has 138 valence electrons. The van der Waals surface area contributed by atoms with Crippen LogP contribution in [0.5, 0.6) is 0 Å². The third-order valence-electron chi connectivity index (χ3n) is 4.64. The summed E-state index contributed by atoms with van der Waals surface area (Å²) in [5.41, 5.74) is 2.08. The molecule has 1 aliphatic rings. The summed E-state index contributed by atoms with van der Waals surface area (Å²) in [5.74, 6) is 1.00. The van der Waals surface area contributed by atoms with E-state index < -0.39 is 0 Å². The number of hydrogen-bond acceptors (Lipinski definition) is 4. The van der Waals surface area contributed by atoms with Gasteiger partial charge in [-0.2, -0.15) is 0 Å². The van der Waals surface area contributed by atoms with E-state index in [4.69, 9.17) is 0 Å². The Morgan fingerprint density at radius 1 is 1.00 bits per heavy atom. The van der Waals surface area contributed by atoms with Gasteiger partial charge in [0.1, 0.15) is 0 Å². The molecule has 0 spiro atoms. The van der Waals surface area contributed by atoms with Gasteiger partial charge < -0.3 is 10.2 Å². The summed E-state index contributed by atoms with van der Waals surface area (Å²) in [6.07, 6.45) is 0. The molecular formula is C21H27N3OS. The molecule has 4 nitrogen and oxygen atoms in total. The van der Waals surface area contributed by atoms with Crippen LogP contribution >= 0.6 is 11.8 Å². The summed E-state index contributed by atoms with van der Waals surface area (Å²) in [6.45, 7) is 7.84. The van der Waals surface area contributed by atoms with Crippen molar-refractivity contribution in [1.29, 1.82) is 0 Å². The van der Waals surface area contributed by atoms with Crippen LogP contribution in [0, 0.1) is 0 Å². The summed E-state index contributed by atoms with van der Waals surface area (Å²) in [5, 5.41) is 3.08. The van der Waals surface area contributed by atoms with Crippen LogP contribution < -0.4 is 10.2 Å². The summed E-state index contributed by atoms with van der Waals surface area (Å²) in [6, 6.07) is 18.4. The fraction of sp³-hybridized carbons (Fsp3) is 0.381. The van der Waals surface area contributed by atoms with E-state index in [1.165, 1.54) is 5.69 Å². The number of thioether (sulfide) groups is 1. The van der Waals surface area contributed by atoms with Gasteiger partial charge in [0.2, 0.25) is 0 Å². The molecule has 0 saturated carbocycles. The molecule has 2 aromatic carbocycles. The molecule has 0 aliphatic carbocycles. The van der Waals surface area contributed by atoms with E-state index >= 15 is 0 Å². The van der Waals surface area contributed by atoms with Gasteiger partial charge in [0.15, 0.2) is 0 Å². The smallest absolute Gasteiger partial charge is 0.252 e. The zero-order valence-corrected chi connectivity index (χ0v) is 16.2. The SMILES string of the molecule is CCSc1ccccc1C(=O)NCCN1CCN(c2ccccc2)CC1. The van der Waals surface area contributed by atoms with Crippen LogP contribution in [0.4, 0.5) is 5.69 Å². The van der Waals surface area contributed by atoms with Gasteiger partial charge >= 0.3 is 0 Å². The van der Waals surface area contributed by atoms with E-state index in [2.05, 4.69) is 52.4 Å². The van der Waals surface area contributed by atoms with Crippen LogP contribution in [0.2, 0.25) is 0 Å². The molecule has 0 radical (unpaired) electrons. The van der Waals surface area contributed by atoms with E-state index in [1.807, 2.05) is 24.3 Å². The van der Waals surface area contributed by atoms with Crippen LogP contribution in [0.1, 0.15) is 17.3 Å². The molecule has 0 aromatic heterocycles. The highest BCUT2D eigenvalue weighted by Gasteiger charge is 2.17. The summed E-state index contributed by atoms with van der Waals surface area (Å²) >= 11 is 1.71. The number of amides is 1. The normalized spacial score (nSPS) is 15.0. The fourth-order valence-corrected chi connectivity index (χ4v) is 4.03. The van der Waals surface area contributed by atoms with Gasteiger partial charge in [-0.15, -0.1) is 11.8 Å². The lowest BCUT2D eigenvalue weighted by Crippen LogP contribution is -2.48. The van der Waals surface area contributed by atoms with E-state index in [-0.39, 0.29) is 5.91 Å². The van der Waals surface area contributed by atoms with Crippen molar-refractivity contribution in [3.05, 3.63) is 60.2 Å². The van der Waals surface area contributed by atoms with Gasteiger partial charge in [-0.3, -0.25) is 9.69 Å². The van der Waals surface area contributed by atoms with Crippen LogP contribution in [-0.2, 0) is 0 Å². The number of para-hydroxylation sites is 1. The molecule has 3 rings (SSSR count). The standard InChI is InChI=1S/C21H27N3OS/c1-2-26-20-11-7-6-10-19(20)21(25)22-12-13-23-14-16-24(17-15-23)18-8-4-3-5-9-18/h3-11H,2,12-17H2,1H3,(H,22,25). The number of carbonyl (C=O) groups is 1. The monoisotopic (exact) mass is 369 g/mol. The number of anilines is 1. The van der Waals surface area contributed by atoms with Crippen LogP contribution in [0.25, 0.3) is 0 Å². The summed E-state index contributed by atoms with van der Waals surface area (Å²) < 4.78 is 0. The number of piperazine rings is 1. The number of hydrogen-bond donors (Lipinski definition) is 1. The minimum atomic E-state index is 0.0319. The minimum Gasteiger partial charge on any atom is -0.369 e. The third kappa shape index (κ3) is 5.02. The van der Waals surface area contributed by atoms with Crippen molar-refractivity contribution in [2.24, 2.45) is 0 Å². The van der Waals surface area contributed by atoms with Crippen molar-refractivity contribution in [3.63, 3.8) is 0 Å². The summed E-state index contributed by atoms with van der Waals surface area (Å²) in [4.78, 5) is 18.4. The molecule has 1 saturated heterocycles. The second kappa shape index (κ2) is 9.64. The van der Waals surface area contributed by atoms with E-state index in [1.54, 1.807) is 11.8 Å². The molecular weight excluding hydrogens is 342 g/mol. The van der Waals surface area contributed by atoms with Crippen molar-refractivity contribution in [2.75, 3.05) is 49.9 Å². The third-order valence-corrected chi connectivity index (χ3v) is 5.59. The average molecular weight is 370 g/mol. The maximum absolute atomic E-state index is 12.5. The predicted octanol–water partition coefficient (Wildman–Crippen LogP) is 3.35. The first-order valence-corrected chi connectivity index (χ1v) is 10.3. The van der Waals surface area contributed by atoms with Crippen LogP contribution in [0.3, 0.4) is 0 Å². The van der Waals surface area contributed by atoms with Crippen molar-refractivity contribution < 1.29 is 4.79 Å². The molecule has 1 N–H and O–H groups in total. The van der Waals surface area contributed by atoms with Gasteiger partial charge in [-0.1, -0.05) is 37.3 Å². The molecule has 26 heavy (non-hydrogen) atoms. The van der Waals surface area contributed by atoms with Crippen LogP contribution in [-0.4, -0.2) is 55.8 Å². The maximum Gasteiger partial charge on any atom is 0.252 e. The minimum absolute atomic E-state index is 0.0319. The van der Waals surface area contributed by atoms with E-state index in [0.29, 0.717) is 6.54 Å². The van der Waals surface area contributed by atoms with Crippen molar-refractivity contribution in [3.8, 4) is 0 Å². The lowest BCUT2D eigenvalue weighted by atomic mass is 10.2. The molecule has 1 amide bonds. The Balaban J connectivity index is 1.43. The van der Waals surface area contributed by atoms with E-state index in [0.717, 1.165) is 48.9 Å². The number of rotatable bonds is 7. The second-order valence-corrected chi connectivity index (χ2v) is 7.66. The Morgan fingerprint density at radius 3 is 2.42 bits per heavy atom. The molecule has 0 bridgehead atoms. The molecule has 0 atom stereocenters. The van der Waals surface area contributed by atoms with E-state index in [9.17, 15) is 4.79 Å². The Labute approximate surface area is 160 Å². The van der Waals surface area contributed by atoms with Crippen LogP contribution in [0.15, 0.2) is 59.5 Å². The quantitative estimate of drug-likeness (QED) is 0.759. The Bertz CT molecular complexity index is 699. The largest absolute Gasteiger partial charge is 0.369 e. The van der Waals surface area contributed by atoms with Gasteiger partial charge in [0.05, 0.1) is 5.56 Å². The number of benzene rings is 2. The molecule has 5 heteroatoms. The first kappa shape index (κ1) is 18.8. The van der Waals surface area contributed by atoms with Crippen molar-refractivity contribution >= 4 is 23.4 Å². The number of carbonyl (C=O) groups excluding carboxylic acids is 1. The lowest BCUT2D eigenvalue weighted by molar-refractivity contribution is 0.0945. The highest BCUT2D eigenvalue weighted by molar-refractivity contribution is 7.99. The molecule has 0 unspecified atom stereocenters. The first-order valence-electron chi connectivity index (χ1n) is 9.30. The van der Waals surface area contributed by atoms with Crippen molar-refractivity contribution in [2.45, 2.75) is 11.8 Å². The van der Waals surface area contributed by atoms with Gasteiger partial charge in [-0.25, -0.2) is 0 Å². The number of nitrogens with zero attached hydrogens (tertiary/aromatic N) is 2. The van der Waals surface area contributed by atoms with Crippen molar-refractivity contribution in [1.82, 2.24) is 10.2 Å². The zero-order valence-electron chi connectivity index (χ0n) is 15.4. The number of nitrogens with one attached hydrogen (secondary N) is 1. The zero-order chi connectivity index (χ0) is 18.2. The molecule has 1 fully saturated rings. The lowest BCUT2D eigenvalue weighted by Gasteiger charge is -2.36. The highest BCUT2D eigenvalue weighted by Crippen LogP contribution is 2.22. The maximum atomic E-state index is 12.5. The topological polar surface area (TPSA) is 35.6 Å². The predicted molar refractivity (Wildman–Crippen MR) is 110 cm³/mol. The Kier molecular flexibility index (Phi) is 6.97.